The van der Waals surface area contributed by atoms with Gasteiger partial charge in [0.25, 0.3) is 0 Å². The first-order valence-electron chi connectivity index (χ1n) is 8.35. The molecule has 1 aliphatic carbocycles. The average molecular weight is 282 g/mol. The molecule has 0 aromatic heterocycles. The third-order valence-corrected chi connectivity index (χ3v) is 4.65. The van der Waals surface area contributed by atoms with E-state index in [-0.39, 0.29) is 0 Å². The largest absolute Gasteiger partial charge is 0.378 e. The summed E-state index contributed by atoms with van der Waals surface area (Å²) >= 11 is 0. The lowest BCUT2D eigenvalue weighted by Gasteiger charge is -2.36. The molecule has 116 valence electrons. The van der Waals surface area contributed by atoms with Gasteiger partial charge in [0.2, 0.25) is 5.91 Å². The van der Waals surface area contributed by atoms with Crippen molar-refractivity contribution in [1.29, 1.82) is 0 Å². The molecule has 0 aromatic carbocycles. The molecule has 0 radical (unpaired) electrons. The van der Waals surface area contributed by atoms with Crippen molar-refractivity contribution in [2.75, 3.05) is 26.2 Å². The van der Waals surface area contributed by atoms with Crippen LogP contribution in [-0.2, 0) is 9.53 Å². The summed E-state index contributed by atoms with van der Waals surface area (Å²) in [7, 11) is 0. The number of hydrogen-bond acceptors (Lipinski definition) is 3. The van der Waals surface area contributed by atoms with Crippen molar-refractivity contribution in [3.63, 3.8) is 0 Å². The van der Waals surface area contributed by atoms with Crippen LogP contribution in [0.5, 0.6) is 0 Å². The Morgan fingerprint density at radius 1 is 1.30 bits per heavy atom. The number of carbonyl (C=O) groups excluding carboxylic acids is 1. The highest BCUT2D eigenvalue weighted by Crippen LogP contribution is 2.33. The Morgan fingerprint density at radius 3 is 2.70 bits per heavy atom. The number of piperidine rings is 1. The van der Waals surface area contributed by atoms with Crippen LogP contribution >= 0.6 is 0 Å². The van der Waals surface area contributed by atoms with Gasteiger partial charge in [-0.3, -0.25) is 4.79 Å². The summed E-state index contributed by atoms with van der Waals surface area (Å²) in [6, 6.07) is 0.505. The normalized spacial score (nSPS) is 29.8. The molecule has 0 aromatic rings. The highest BCUT2D eigenvalue weighted by atomic mass is 16.5. The fourth-order valence-corrected chi connectivity index (χ4v) is 3.34. The Hall–Kier alpha value is -0.610. The van der Waals surface area contributed by atoms with Gasteiger partial charge < -0.3 is 15.0 Å². The van der Waals surface area contributed by atoms with Crippen LogP contribution in [0.25, 0.3) is 0 Å². The van der Waals surface area contributed by atoms with Gasteiger partial charge in [0, 0.05) is 32.2 Å². The number of hydrogen-bond donors (Lipinski definition) is 1. The van der Waals surface area contributed by atoms with E-state index in [1.54, 1.807) is 0 Å². The quantitative estimate of drug-likeness (QED) is 0.778. The molecule has 1 N–H and O–H groups in total. The van der Waals surface area contributed by atoms with Crippen molar-refractivity contribution >= 4 is 5.91 Å². The van der Waals surface area contributed by atoms with E-state index in [4.69, 9.17) is 4.74 Å². The standard InChI is InChI=1S/C16H30N2O2/c1-3-18(12-14-7-5-6-8-17-14)16(19)11-13-9-15(10-13)20-4-2/h13-15,17H,3-12H2,1-2H3. The van der Waals surface area contributed by atoms with Crippen LogP contribution in [0.3, 0.4) is 0 Å². The molecule has 1 amide bonds. The second-order valence-electron chi connectivity index (χ2n) is 6.20. The van der Waals surface area contributed by atoms with Gasteiger partial charge in [-0.2, -0.15) is 0 Å². The Kier molecular flexibility index (Phi) is 6.30. The number of rotatable bonds is 7. The SMILES string of the molecule is CCOC1CC(CC(=O)N(CC)CC2CCCCN2)C1. The summed E-state index contributed by atoms with van der Waals surface area (Å²) in [6.45, 7) is 7.74. The van der Waals surface area contributed by atoms with E-state index in [2.05, 4.69) is 12.2 Å². The number of nitrogens with one attached hydrogen (secondary N) is 1. The molecule has 2 rings (SSSR count). The van der Waals surface area contributed by atoms with Crippen LogP contribution < -0.4 is 5.32 Å². The molecule has 1 aliphatic heterocycles. The van der Waals surface area contributed by atoms with Crippen molar-refractivity contribution < 1.29 is 9.53 Å². The average Bonchev–Trinajstić information content (AvgIpc) is 2.43. The minimum Gasteiger partial charge on any atom is -0.378 e. The lowest BCUT2D eigenvalue weighted by molar-refractivity contribution is -0.134. The first-order chi connectivity index (χ1) is 9.72. The molecule has 4 heteroatoms. The number of amides is 1. The lowest BCUT2D eigenvalue weighted by atomic mass is 9.79. The monoisotopic (exact) mass is 282 g/mol. The second kappa shape index (κ2) is 7.99. The highest BCUT2D eigenvalue weighted by Gasteiger charge is 2.32. The lowest BCUT2D eigenvalue weighted by Crippen LogP contribution is -2.46. The molecule has 0 spiro atoms. The van der Waals surface area contributed by atoms with Crippen molar-refractivity contribution in [3.05, 3.63) is 0 Å². The fraction of sp³-hybridized carbons (Fsp3) is 0.938. The summed E-state index contributed by atoms with van der Waals surface area (Å²) < 4.78 is 5.56. The first-order valence-corrected chi connectivity index (χ1v) is 8.35. The van der Waals surface area contributed by atoms with Crippen molar-refractivity contribution in [2.45, 2.75) is 64.5 Å². The van der Waals surface area contributed by atoms with Gasteiger partial charge in [-0.25, -0.2) is 0 Å². The summed E-state index contributed by atoms with van der Waals surface area (Å²) in [5, 5.41) is 3.53. The van der Waals surface area contributed by atoms with Crippen molar-refractivity contribution in [3.8, 4) is 0 Å². The van der Waals surface area contributed by atoms with E-state index in [9.17, 15) is 4.79 Å². The van der Waals surface area contributed by atoms with Crippen LogP contribution in [0.4, 0.5) is 0 Å². The van der Waals surface area contributed by atoms with Gasteiger partial charge in [0.05, 0.1) is 6.10 Å². The number of ether oxygens (including phenoxy) is 1. The van der Waals surface area contributed by atoms with Crippen LogP contribution in [0, 0.1) is 5.92 Å². The molecule has 0 bridgehead atoms. The van der Waals surface area contributed by atoms with Crippen molar-refractivity contribution in [1.82, 2.24) is 10.2 Å². The van der Waals surface area contributed by atoms with E-state index in [0.717, 1.165) is 39.1 Å². The number of likely N-dealkylation sites (N-methyl/N-ethyl adjacent to an activating group) is 1. The zero-order chi connectivity index (χ0) is 14.4. The molecular formula is C16H30N2O2. The van der Waals surface area contributed by atoms with Gasteiger partial charge >= 0.3 is 0 Å². The van der Waals surface area contributed by atoms with Crippen LogP contribution in [0.2, 0.25) is 0 Å². The highest BCUT2D eigenvalue weighted by molar-refractivity contribution is 5.76. The molecule has 1 heterocycles. The summed E-state index contributed by atoms with van der Waals surface area (Å²) in [6.07, 6.45) is 7.04. The molecule has 1 saturated carbocycles. The zero-order valence-electron chi connectivity index (χ0n) is 13.1. The zero-order valence-corrected chi connectivity index (χ0v) is 13.1. The molecular weight excluding hydrogens is 252 g/mol. The molecule has 2 aliphatic rings. The first kappa shape index (κ1) is 15.8. The molecule has 2 fully saturated rings. The number of nitrogens with zero attached hydrogens (tertiary/aromatic N) is 1. The van der Waals surface area contributed by atoms with Crippen LogP contribution in [-0.4, -0.2) is 49.2 Å². The third-order valence-electron chi connectivity index (χ3n) is 4.65. The molecule has 1 unspecified atom stereocenters. The van der Waals surface area contributed by atoms with E-state index < -0.39 is 0 Å². The van der Waals surface area contributed by atoms with Gasteiger partial charge in [0.1, 0.15) is 0 Å². The minimum absolute atomic E-state index is 0.333. The summed E-state index contributed by atoms with van der Waals surface area (Å²) in [5.41, 5.74) is 0. The van der Waals surface area contributed by atoms with Gasteiger partial charge in [-0.15, -0.1) is 0 Å². The van der Waals surface area contributed by atoms with Crippen LogP contribution in [0.1, 0.15) is 52.4 Å². The van der Waals surface area contributed by atoms with Gasteiger partial charge in [0.15, 0.2) is 0 Å². The molecule has 1 atom stereocenters. The van der Waals surface area contributed by atoms with E-state index >= 15 is 0 Å². The second-order valence-corrected chi connectivity index (χ2v) is 6.20. The maximum Gasteiger partial charge on any atom is 0.222 e. The minimum atomic E-state index is 0.333. The predicted molar refractivity (Wildman–Crippen MR) is 80.7 cm³/mol. The fourth-order valence-electron chi connectivity index (χ4n) is 3.34. The molecule has 4 nitrogen and oxygen atoms in total. The van der Waals surface area contributed by atoms with Gasteiger partial charge in [-0.05, 0) is 52.0 Å². The molecule has 20 heavy (non-hydrogen) atoms. The Balaban J connectivity index is 1.69. The smallest absolute Gasteiger partial charge is 0.222 e. The summed E-state index contributed by atoms with van der Waals surface area (Å²) in [4.78, 5) is 14.4. The van der Waals surface area contributed by atoms with Crippen LogP contribution in [0.15, 0.2) is 0 Å². The van der Waals surface area contributed by atoms with E-state index in [1.165, 1.54) is 19.3 Å². The number of carbonyl (C=O) groups is 1. The third kappa shape index (κ3) is 4.45. The molecule has 1 saturated heterocycles. The Bertz CT molecular complexity index is 297. The predicted octanol–water partition coefficient (Wildman–Crippen LogP) is 2.18. The van der Waals surface area contributed by atoms with E-state index in [1.807, 2.05) is 11.8 Å². The van der Waals surface area contributed by atoms with Crippen molar-refractivity contribution in [2.24, 2.45) is 5.92 Å². The summed E-state index contributed by atoms with van der Waals surface area (Å²) in [5.74, 6) is 0.882. The maximum atomic E-state index is 12.4. The Labute approximate surface area is 123 Å². The Morgan fingerprint density at radius 2 is 2.10 bits per heavy atom. The van der Waals surface area contributed by atoms with Gasteiger partial charge in [-0.1, -0.05) is 6.42 Å². The topological polar surface area (TPSA) is 41.6 Å². The van der Waals surface area contributed by atoms with E-state index in [0.29, 0.717) is 30.4 Å². The maximum absolute atomic E-state index is 12.4.